The number of hydrogen-bond donors (Lipinski definition) is 4. The highest BCUT2D eigenvalue weighted by atomic mass is 16.4. The largest absolute Gasteiger partial charge is 0.411 e. The molecule has 3 rings (SSSR count). The van der Waals surface area contributed by atoms with Gasteiger partial charge in [0.2, 0.25) is 0 Å². The van der Waals surface area contributed by atoms with Crippen molar-refractivity contribution in [3.8, 4) is 11.1 Å². The van der Waals surface area contributed by atoms with Crippen molar-refractivity contribution in [3.63, 3.8) is 0 Å². The number of hydrogen-bond acceptors (Lipinski definition) is 8. The molecule has 0 bridgehead atoms. The minimum Gasteiger partial charge on any atom is -0.411 e. The van der Waals surface area contributed by atoms with Crippen LogP contribution in [0, 0.1) is 0 Å². The van der Waals surface area contributed by atoms with Crippen LogP contribution in [0.2, 0.25) is 0 Å². The minimum absolute atomic E-state index is 0.207. The maximum Gasteiger partial charge on any atom is 0.134 e. The van der Waals surface area contributed by atoms with E-state index in [1.165, 1.54) is 0 Å². The smallest absolute Gasteiger partial charge is 0.134 e. The van der Waals surface area contributed by atoms with Crippen molar-refractivity contribution in [1.82, 2.24) is 0 Å². The number of rotatable bonds is 10. The molecule has 2 aromatic carbocycles. The Hall–Kier alpha value is -3.68. The molecule has 2 aromatic rings. The van der Waals surface area contributed by atoms with E-state index in [9.17, 15) is 20.8 Å². The van der Waals surface area contributed by atoms with Gasteiger partial charge in [-0.05, 0) is 67.0 Å². The molecular formula is C27H34N4O4. The van der Waals surface area contributed by atoms with Gasteiger partial charge in [-0.25, -0.2) is 0 Å². The Bertz CT molecular complexity index is 1190. The van der Waals surface area contributed by atoms with Crippen LogP contribution in [0.15, 0.2) is 57.0 Å². The van der Waals surface area contributed by atoms with Gasteiger partial charge in [-0.1, -0.05) is 78.5 Å². The van der Waals surface area contributed by atoms with Crippen molar-refractivity contribution < 1.29 is 20.8 Å². The molecule has 0 aliphatic heterocycles. The van der Waals surface area contributed by atoms with Crippen LogP contribution in [0.1, 0.15) is 88.5 Å². The van der Waals surface area contributed by atoms with Crippen LogP contribution in [0.25, 0.3) is 11.1 Å². The zero-order chi connectivity index (χ0) is 25.6. The Morgan fingerprint density at radius 1 is 0.714 bits per heavy atom. The van der Waals surface area contributed by atoms with E-state index in [4.69, 9.17) is 0 Å². The summed E-state index contributed by atoms with van der Waals surface area (Å²) < 4.78 is 0. The van der Waals surface area contributed by atoms with Crippen LogP contribution in [-0.2, 0) is 5.41 Å². The van der Waals surface area contributed by atoms with Gasteiger partial charge in [0.25, 0.3) is 0 Å². The van der Waals surface area contributed by atoms with E-state index in [1.54, 1.807) is 6.92 Å². The van der Waals surface area contributed by atoms with E-state index in [0.717, 1.165) is 54.4 Å². The Balaban J connectivity index is 2.14. The van der Waals surface area contributed by atoms with Gasteiger partial charge in [0, 0.05) is 16.5 Å². The van der Waals surface area contributed by atoms with E-state index in [1.807, 2.05) is 36.4 Å². The minimum atomic E-state index is -0.319. The molecule has 4 N–H and O–H groups in total. The molecule has 0 atom stereocenters. The first-order valence-electron chi connectivity index (χ1n) is 12.1. The summed E-state index contributed by atoms with van der Waals surface area (Å²) in [5, 5.41) is 51.7. The first-order valence-corrected chi connectivity index (χ1v) is 12.1. The van der Waals surface area contributed by atoms with E-state index in [-0.39, 0.29) is 22.6 Å². The molecular weight excluding hydrogens is 444 g/mol. The van der Waals surface area contributed by atoms with E-state index in [0.29, 0.717) is 23.3 Å². The van der Waals surface area contributed by atoms with Crippen LogP contribution >= 0.6 is 0 Å². The SMILES string of the molecule is CCCCCC(=N\O)/C(=N\O)c1ccc2c(c1)C(CC)(CC)c1cc(C(=N/O)/C(C)=N/O)ccc1-2. The lowest BCUT2D eigenvalue weighted by Crippen LogP contribution is -2.25. The summed E-state index contributed by atoms with van der Waals surface area (Å²) in [6, 6.07) is 11.8. The average molecular weight is 479 g/mol. The average Bonchev–Trinajstić information content (AvgIpc) is 3.17. The second-order valence-electron chi connectivity index (χ2n) is 8.90. The fourth-order valence-corrected chi connectivity index (χ4v) is 5.23. The van der Waals surface area contributed by atoms with Crippen LogP contribution in [0.4, 0.5) is 0 Å². The quantitative estimate of drug-likeness (QED) is 0.136. The van der Waals surface area contributed by atoms with Gasteiger partial charge in [-0.3, -0.25) is 0 Å². The van der Waals surface area contributed by atoms with Gasteiger partial charge in [0.1, 0.15) is 22.8 Å². The molecule has 8 nitrogen and oxygen atoms in total. The third-order valence-corrected chi connectivity index (χ3v) is 7.22. The predicted octanol–water partition coefficient (Wildman–Crippen LogP) is 6.39. The maximum atomic E-state index is 9.83. The molecule has 0 spiro atoms. The highest BCUT2D eigenvalue weighted by Crippen LogP contribution is 2.53. The molecule has 0 heterocycles. The summed E-state index contributed by atoms with van der Waals surface area (Å²) in [5.74, 6) is 0. The molecule has 0 saturated heterocycles. The second kappa shape index (κ2) is 11.2. The molecule has 186 valence electrons. The monoisotopic (exact) mass is 478 g/mol. The number of nitrogens with zero attached hydrogens (tertiary/aromatic N) is 4. The van der Waals surface area contributed by atoms with Crippen molar-refractivity contribution in [3.05, 3.63) is 58.7 Å². The van der Waals surface area contributed by atoms with Crippen molar-refractivity contribution in [2.45, 2.75) is 71.6 Å². The Morgan fingerprint density at radius 3 is 1.69 bits per heavy atom. The van der Waals surface area contributed by atoms with Gasteiger partial charge in [0.15, 0.2) is 0 Å². The van der Waals surface area contributed by atoms with Crippen molar-refractivity contribution >= 4 is 22.8 Å². The standard InChI is InChI=1S/C27H34N4O4/c1-5-8-9-10-24(29-33)26(31-35)19-12-14-21-20-13-11-18(25(30-34)17(4)28-32)15-22(20)27(6-2,7-3)23(21)16-19/h11-16,32-35H,5-10H2,1-4H3/b28-17+,29-24+,30-25+,31-26-. The van der Waals surface area contributed by atoms with Gasteiger partial charge >= 0.3 is 0 Å². The van der Waals surface area contributed by atoms with Gasteiger partial charge < -0.3 is 20.8 Å². The fourth-order valence-electron chi connectivity index (χ4n) is 5.23. The highest BCUT2D eigenvalue weighted by Gasteiger charge is 2.41. The molecule has 0 unspecified atom stereocenters. The summed E-state index contributed by atoms with van der Waals surface area (Å²) in [6.45, 7) is 7.95. The van der Waals surface area contributed by atoms with Crippen molar-refractivity contribution in [2.75, 3.05) is 0 Å². The molecule has 8 heteroatoms. The molecule has 35 heavy (non-hydrogen) atoms. The zero-order valence-corrected chi connectivity index (χ0v) is 20.8. The van der Waals surface area contributed by atoms with Crippen LogP contribution in [0.5, 0.6) is 0 Å². The van der Waals surface area contributed by atoms with E-state index < -0.39 is 0 Å². The summed E-state index contributed by atoms with van der Waals surface area (Å²) in [4.78, 5) is 0. The lowest BCUT2D eigenvalue weighted by molar-refractivity contribution is 0.313. The summed E-state index contributed by atoms with van der Waals surface area (Å²) in [6.07, 6.45) is 5.02. The maximum absolute atomic E-state index is 9.83. The van der Waals surface area contributed by atoms with Crippen molar-refractivity contribution in [2.24, 2.45) is 20.6 Å². The molecule has 0 aromatic heterocycles. The highest BCUT2D eigenvalue weighted by molar-refractivity contribution is 6.48. The number of benzene rings is 2. The zero-order valence-electron chi connectivity index (χ0n) is 20.8. The summed E-state index contributed by atoms with van der Waals surface area (Å²) in [5.41, 5.74) is 6.45. The Kier molecular flexibility index (Phi) is 8.27. The molecule has 0 radical (unpaired) electrons. The first-order chi connectivity index (χ1) is 17.0. The number of oxime groups is 4. The van der Waals surface area contributed by atoms with Gasteiger partial charge in [-0.15, -0.1) is 0 Å². The van der Waals surface area contributed by atoms with Gasteiger partial charge in [0.05, 0.1) is 0 Å². The first kappa shape index (κ1) is 25.9. The van der Waals surface area contributed by atoms with E-state index in [2.05, 4.69) is 41.4 Å². The Morgan fingerprint density at radius 2 is 1.26 bits per heavy atom. The van der Waals surface area contributed by atoms with Crippen LogP contribution in [-0.4, -0.2) is 43.7 Å². The third-order valence-electron chi connectivity index (χ3n) is 7.22. The molecule has 0 amide bonds. The molecule has 1 aliphatic rings. The third kappa shape index (κ3) is 4.52. The van der Waals surface area contributed by atoms with Gasteiger partial charge in [-0.2, -0.15) is 0 Å². The topological polar surface area (TPSA) is 130 Å². The lowest BCUT2D eigenvalue weighted by atomic mass is 9.73. The summed E-state index contributed by atoms with van der Waals surface area (Å²) >= 11 is 0. The normalized spacial score (nSPS) is 15.8. The molecule has 0 saturated carbocycles. The second-order valence-corrected chi connectivity index (χ2v) is 8.90. The summed E-state index contributed by atoms with van der Waals surface area (Å²) in [7, 11) is 0. The fraction of sp³-hybridized carbons (Fsp3) is 0.407. The number of unbranched alkanes of at least 4 members (excludes halogenated alkanes) is 2. The van der Waals surface area contributed by atoms with Crippen molar-refractivity contribution in [1.29, 1.82) is 0 Å². The predicted molar refractivity (Wildman–Crippen MR) is 138 cm³/mol. The molecule has 0 fully saturated rings. The lowest BCUT2D eigenvalue weighted by Gasteiger charge is -2.30. The molecule has 1 aliphatic carbocycles. The van der Waals surface area contributed by atoms with Crippen LogP contribution in [0.3, 0.4) is 0 Å². The van der Waals surface area contributed by atoms with Crippen LogP contribution < -0.4 is 0 Å². The number of fused-ring (bicyclic) bond motifs is 3. The Labute approximate surface area is 206 Å². The van der Waals surface area contributed by atoms with E-state index >= 15 is 0 Å².